The fourth-order valence-corrected chi connectivity index (χ4v) is 2.14. The zero-order chi connectivity index (χ0) is 10.6. The topological polar surface area (TPSA) is 15.3 Å². The molecule has 1 N–H and O–H groups in total. The SMILES string of the molecule is C#CC(CC)NC1CCN(C)CC1C. The maximum Gasteiger partial charge on any atom is 0.0686 e. The number of rotatable bonds is 3. The van der Waals surface area contributed by atoms with Crippen LogP contribution in [0.25, 0.3) is 0 Å². The van der Waals surface area contributed by atoms with E-state index >= 15 is 0 Å². The van der Waals surface area contributed by atoms with E-state index in [9.17, 15) is 0 Å². The van der Waals surface area contributed by atoms with E-state index < -0.39 is 0 Å². The Morgan fingerprint density at radius 3 is 2.86 bits per heavy atom. The third-order valence-electron chi connectivity index (χ3n) is 3.13. The van der Waals surface area contributed by atoms with Crippen molar-refractivity contribution in [3.8, 4) is 12.3 Å². The first-order valence-electron chi connectivity index (χ1n) is 5.58. The number of hydrogen-bond donors (Lipinski definition) is 1. The molecule has 1 aliphatic heterocycles. The van der Waals surface area contributed by atoms with E-state index in [-0.39, 0.29) is 6.04 Å². The third kappa shape index (κ3) is 3.01. The Kier molecular flexibility index (Phi) is 4.44. The Bertz CT molecular complexity index is 207. The maximum absolute atomic E-state index is 5.45. The Hall–Kier alpha value is -0.520. The van der Waals surface area contributed by atoms with Crippen LogP contribution < -0.4 is 5.32 Å². The van der Waals surface area contributed by atoms with Crippen LogP contribution in [-0.2, 0) is 0 Å². The van der Waals surface area contributed by atoms with Crippen LogP contribution in [0.1, 0.15) is 26.7 Å². The highest BCUT2D eigenvalue weighted by Crippen LogP contribution is 2.16. The van der Waals surface area contributed by atoms with Gasteiger partial charge in [0.05, 0.1) is 6.04 Å². The van der Waals surface area contributed by atoms with E-state index in [2.05, 4.69) is 37.0 Å². The molecular weight excluding hydrogens is 172 g/mol. The second-order valence-electron chi connectivity index (χ2n) is 4.43. The smallest absolute Gasteiger partial charge is 0.0686 e. The van der Waals surface area contributed by atoms with Crippen LogP contribution in [0, 0.1) is 18.3 Å². The first-order chi connectivity index (χ1) is 6.67. The Morgan fingerprint density at radius 2 is 2.36 bits per heavy atom. The Morgan fingerprint density at radius 1 is 1.64 bits per heavy atom. The van der Waals surface area contributed by atoms with Gasteiger partial charge in [-0.05, 0) is 32.4 Å². The van der Waals surface area contributed by atoms with Crippen molar-refractivity contribution < 1.29 is 0 Å². The number of nitrogens with zero attached hydrogens (tertiary/aromatic N) is 1. The largest absolute Gasteiger partial charge is 0.306 e. The average molecular weight is 194 g/mol. The molecule has 0 spiro atoms. The summed E-state index contributed by atoms with van der Waals surface area (Å²) >= 11 is 0. The van der Waals surface area contributed by atoms with Gasteiger partial charge < -0.3 is 10.2 Å². The van der Waals surface area contributed by atoms with Crippen LogP contribution in [0.4, 0.5) is 0 Å². The van der Waals surface area contributed by atoms with Crippen LogP contribution in [-0.4, -0.2) is 37.1 Å². The van der Waals surface area contributed by atoms with Gasteiger partial charge in [0, 0.05) is 12.6 Å². The number of piperidine rings is 1. The normalized spacial score (nSPS) is 31.0. The molecule has 0 bridgehead atoms. The van der Waals surface area contributed by atoms with Crippen LogP contribution >= 0.6 is 0 Å². The van der Waals surface area contributed by atoms with Crippen molar-refractivity contribution in [3.63, 3.8) is 0 Å². The lowest BCUT2D eigenvalue weighted by atomic mass is 9.93. The number of likely N-dealkylation sites (tertiary alicyclic amines) is 1. The van der Waals surface area contributed by atoms with Crippen molar-refractivity contribution in [1.82, 2.24) is 10.2 Å². The summed E-state index contributed by atoms with van der Waals surface area (Å²) in [6, 6.07) is 0.859. The molecule has 0 aromatic carbocycles. The van der Waals surface area contributed by atoms with E-state index in [0.29, 0.717) is 12.0 Å². The lowest BCUT2D eigenvalue weighted by Crippen LogP contribution is -2.49. The number of hydrogen-bond acceptors (Lipinski definition) is 2. The predicted octanol–water partition coefficient (Wildman–Crippen LogP) is 1.33. The fourth-order valence-electron chi connectivity index (χ4n) is 2.14. The van der Waals surface area contributed by atoms with Gasteiger partial charge in [-0.1, -0.05) is 19.8 Å². The highest BCUT2D eigenvalue weighted by Gasteiger charge is 2.24. The van der Waals surface area contributed by atoms with Gasteiger partial charge >= 0.3 is 0 Å². The zero-order valence-corrected chi connectivity index (χ0v) is 9.59. The molecule has 14 heavy (non-hydrogen) atoms. The molecule has 2 nitrogen and oxygen atoms in total. The molecule has 1 fully saturated rings. The Labute approximate surface area is 88.1 Å². The van der Waals surface area contributed by atoms with Crippen molar-refractivity contribution in [2.24, 2.45) is 5.92 Å². The summed E-state index contributed by atoms with van der Waals surface area (Å²) in [5.41, 5.74) is 0. The monoisotopic (exact) mass is 194 g/mol. The minimum atomic E-state index is 0.255. The molecule has 0 radical (unpaired) electrons. The van der Waals surface area contributed by atoms with Crippen LogP contribution in [0.15, 0.2) is 0 Å². The highest BCUT2D eigenvalue weighted by atomic mass is 15.1. The van der Waals surface area contributed by atoms with Gasteiger partial charge in [0.15, 0.2) is 0 Å². The molecule has 3 unspecified atom stereocenters. The fraction of sp³-hybridized carbons (Fsp3) is 0.833. The molecule has 0 aromatic heterocycles. The molecule has 0 aromatic rings. The van der Waals surface area contributed by atoms with Crippen LogP contribution in [0.2, 0.25) is 0 Å². The van der Waals surface area contributed by atoms with E-state index in [4.69, 9.17) is 6.42 Å². The summed E-state index contributed by atoms with van der Waals surface area (Å²) in [7, 11) is 2.19. The zero-order valence-electron chi connectivity index (χ0n) is 9.59. The summed E-state index contributed by atoms with van der Waals surface area (Å²) in [6.45, 7) is 6.80. The van der Waals surface area contributed by atoms with Crippen molar-refractivity contribution in [1.29, 1.82) is 0 Å². The van der Waals surface area contributed by atoms with Gasteiger partial charge in [0.1, 0.15) is 0 Å². The van der Waals surface area contributed by atoms with E-state index in [1.807, 2.05) is 0 Å². The summed E-state index contributed by atoms with van der Waals surface area (Å²) in [5, 5.41) is 3.56. The number of nitrogens with one attached hydrogen (secondary N) is 1. The number of terminal acetylenes is 1. The van der Waals surface area contributed by atoms with Crippen molar-refractivity contribution >= 4 is 0 Å². The molecule has 1 heterocycles. The van der Waals surface area contributed by atoms with E-state index in [0.717, 1.165) is 6.42 Å². The van der Waals surface area contributed by atoms with Crippen molar-refractivity contribution in [2.45, 2.75) is 38.8 Å². The standard InChI is InChI=1S/C12H22N2/c1-5-11(6-2)13-12-7-8-14(4)9-10(12)3/h1,10-13H,6-9H2,2-4H3. The van der Waals surface area contributed by atoms with Gasteiger partial charge in [0.2, 0.25) is 0 Å². The molecule has 0 aliphatic carbocycles. The van der Waals surface area contributed by atoms with Crippen molar-refractivity contribution in [2.75, 3.05) is 20.1 Å². The molecule has 3 atom stereocenters. The molecule has 1 saturated heterocycles. The van der Waals surface area contributed by atoms with Gasteiger partial charge in [0.25, 0.3) is 0 Å². The van der Waals surface area contributed by atoms with Crippen LogP contribution in [0.5, 0.6) is 0 Å². The van der Waals surface area contributed by atoms with Crippen molar-refractivity contribution in [3.05, 3.63) is 0 Å². The minimum absolute atomic E-state index is 0.255. The molecule has 0 amide bonds. The van der Waals surface area contributed by atoms with E-state index in [1.54, 1.807) is 0 Å². The minimum Gasteiger partial charge on any atom is -0.306 e. The van der Waals surface area contributed by atoms with Gasteiger partial charge in [-0.2, -0.15) is 0 Å². The second kappa shape index (κ2) is 5.38. The molecule has 0 saturated carbocycles. The lowest BCUT2D eigenvalue weighted by Gasteiger charge is -2.36. The summed E-state index contributed by atoms with van der Waals surface area (Å²) in [5.74, 6) is 3.51. The predicted molar refractivity (Wildman–Crippen MR) is 61.1 cm³/mol. The second-order valence-corrected chi connectivity index (χ2v) is 4.43. The Balaban J connectivity index is 2.41. The first kappa shape index (κ1) is 11.6. The van der Waals surface area contributed by atoms with Crippen LogP contribution in [0.3, 0.4) is 0 Å². The molecular formula is C12H22N2. The average Bonchev–Trinajstić information content (AvgIpc) is 2.17. The summed E-state index contributed by atoms with van der Waals surface area (Å²) in [4.78, 5) is 2.39. The van der Waals surface area contributed by atoms with Gasteiger partial charge in [-0.15, -0.1) is 6.42 Å². The molecule has 1 aliphatic rings. The third-order valence-corrected chi connectivity index (χ3v) is 3.13. The quantitative estimate of drug-likeness (QED) is 0.682. The molecule has 80 valence electrons. The molecule has 2 heteroatoms. The lowest BCUT2D eigenvalue weighted by molar-refractivity contribution is 0.170. The summed E-state index contributed by atoms with van der Waals surface area (Å²) < 4.78 is 0. The maximum atomic E-state index is 5.45. The van der Waals surface area contributed by atoms with Gasteiger partial charge in [-0.3, -0.25) is 0 Å². The van der Waals surface area contributed by atoms with Gasteiger partial charge in [-0.25, -0.2) is 0 Å². The first-order valence-corrected chi connectivity index (χ1v) is 5.58. The van der Waals surface area contributed by atoms with E-state index in [1.165, 1.54) is 19.5 Å². The highest BCUT2D eigenvalue weighted by molar-refractivity contribution is 5.00. The summed E-state index contributed by atoms with van der Waals surface area (Å²) in [6.07, 6.45) is 7.69. The molecule has 1 rings (SSSR count).